The fourth-order valence-electron chi connectivity index (χ4n) is 1.60. The summed E-state index contributed by atoms with van der Waals surface area (Å²) in [6, 6.07) is 7.35. The van der Waals surface area contributed by atoms with Gasteiger partial charge in [0, 0.05) is 6.04 Å². The number of benzene rings is 1. The van der Waals surface area contributed by atoms with Crippen molar-refractivity contribution in [2.45, 2.75) is 25.3 Å². The lowest BCUT2D eigenvalue weighted by Gasteiger charge is -2.11. The van der Waals surface area contributed by atoms with Crippen molar-refractivity contribution in [1.29, 1.82) is 0 Å². The molecular weight excluding hydrogens is 198 g/mol. The number of phenolic OH excluding ortho intramolecular Hbond substituents is 1. The molecule has 1 aliphatic carbocycles. The van der Waals surface area contributed by atoms with Crippen LogP contribution in [0.15, 0.2) is 24.3 Å². The molecule has 0 unspecified atom stereocenters. The average molecular weight is 214 g/mol. The Morgan fingerprint density at radius 3 is 2.71 bits per heavy atom. The molecule has 0 aliphatic heterocycles. The molecule has 0 aromatic heterocycles. The zero-order valence-electron chi connectivity index (χ0n) is 8.02. The average Bonchev–Trinajstić information content (AvgIpc) is 2.88. The standard InChI is InChI=1S/C11H15NO.ClH/c12-11(6-8-4-5-8)9-2-1-3-10(13)7-9;/h1-3,7-8,11,13H,4-6,12H2;1H/t11-;/m1./s1. The first kappa shape index (κ1) is 11.3. The van der Waals surface area contributed by atoms with Gasteiger partial charge in [0.05, 0.1) is 0 Å². The van der Waals surface area contributed by atoms with E-state index in [9.17, 15) is 5.11 Å². The van der Waals surface area contributed by atoms with E-state index in [0.29, 0.717) is 5.75 Å². The zero-order chi connectivity index (χ0) is 9.26. The molecule has 3 N–H and O–H groups in total. The first-order valence-corrected chi connectivity index (χ1v) is 4.80. The highest BCUT2D eigenvalue weighted by molar-refractivity contribution is 5.85. The van der Waals surface area contributed by atoms with Gasteiger partial charge in [-0.05, 0) is 30.0 Å². The lowest BCUT2D eigenvalue weighted by Crippen LogP contribution is -2.10. The summed E-state index contributed by atoms with van der Waals surface area (Å²) in [5.41, 5.74) is 7.04. The molecule has 1 saturated carbocycles. The van der Waals surface area contributed by atoms with Gasteiger partial charge in [-0.1, -0.05) is 25.0 Å². The highest BCUT2D eigenvalue weighted by Crippen LogP contribution is 2.36. The van der Waals surface area contributed by atoms with E-state index in [0.717, 1.165) is 17.9 Å². The Bertz CT molecular complexity index is 299. The van der Waals surface area contributed by atoms with Crippen LogP contribution in [0.3, 0.4) is 0 Å². The van der Waals surface area contributed by atoms with E-state index in [1.165, 1.54) is 12.8 Å². The van der Waals surface area contributed by atoms with Crippen LogP contribution in [0.2, 0.25) is 0 Å². The molecule has 0 amide bonds. The van der Waals surface area contributed by atoms with Crippen LogP contribution >= 0.6 is 12.4 Å². The van der Waals surface area contributed by atoms with Crippen molar-refractivity contribution in [2.75, 3.05) is 0 Å². The molecule has 78 valence electrons. The molecule has 3 heteroatoms. The van der Waals surface area contributed by atoms with Gasteiger partial charge in [-0.3, -0.25) is 0 Å². The van der Waals surface area contributed by atoms with Crippen LogP contribution in [0.5, 0.6) is 5.75 Å². The summed E-state index contributed by atoms with van der Waals surface area (Å²) in [5, 5.41) is 9.26. The Kier molecular flexibility index (Phi) is 3.78. The molecule has 1 aliphatic rings. The molecule has 0 saturated heterocycles. The third-order valence-electron chi connectivity index (χ3n) is 2.58. The van der Waals surface area contributed by atoms with Crippen LogP contribution in [-0.2, 0) is 0 Å². The maximum Gasteiger partial charge on any atom is 0.115 e. The quantitative estimate of drug-likeness (QED) is 0.811. The summed E-state index contributed by atoms with van der Waals surface area (Å²) in [4.78, 5) is 0. The van der Waals surface area contributed by atoms with Crippen molar-refractivity contribution < 1.29 is 5.11 Å². The molecule has 0 bridgehead atoms. The van der Waals surface area contributed by atoms with E-state index in [4.69, 9.17) is 5.73 Å². The zero-order valence-corrected chi connectivity index (χ0v) is 8.83. The lowest BCUT2D eigenvalue weighted by atomic mass is 10.0. The number of hydrogen-bond donors (Lipinski definition) is 2. The first-order chi connectivity index (χ1) is 6.25. The Balaban J connectivity index is 0.000000980. The first-order valence-electron chi connectivity index (χ1n) is 4.80. The van der Waals surface area contributed by atoms with Crippen molar-refractivity contribution in [3.63, 3.8) is 0 Å². The summed E-state index contributed by atoms with van der Waals surface area (Å²) in [7, 11) is 0. The Morgan fingerprint density at radius 2 is 2.14 bits per heavy atom. The van der Waals surface area contributed by atoms with Crippen molar-refractivity contribution in [3.05, 3.63) is 29.8 Å². The Morgan fingerprint density at radius 1 is 1.43 bits per heavy atom. The second-order valence-electron chi connectivity index (χ2n) is 3.88. The fraction of sp³-hybridized carbons (Fsp3) is 0.455. The van der Waals surface area contributed by atoms with Gasteiger partial charge in [0.15, 0.2) is 0 Å². The normalized spacial score (nSPS) is 17.2. The molecule has 0 heterocycles. The minimum Gasteiger partial charge on any atom is -0.508 e. The molecule has 0 radical (unpaired) electrons. The molecule has 1 aromatic rings. The Labute approximate surface area is 90.5 Å². The van der Waals surface area contributed by atoms with Crippen LogP contribution in [-0.4, -0.2) is 5.11 Å². The summed E-state index contributed by atoms with van der Waals surface area (Å²) >= 11 is 0. The predicted molar refractivity (Wildman–Crippen MR) is 59.6 cm³/mol. The minimum absolute atomic E-state index is 0. The minimum atomic E-state index is 0. The molecule has 14 heavy (non-hydrogen) atoms. The van der Waals surface area contributed by atoms with E-state index in [1.807, 2.05) is 12.1 Å². The highest BCUT2D eigenvalue weighted by Gasteiger charge is 2.24. The number of aromatic hydroxyl groups is 1. The van der Waals surface area contributed by atoms with Gasteiger partial charge >= 0.3 is 0 Å². The molecule has 1 aromatic carbocycles. The lowest BCUT2D eigenvalue weighted by molar-refractivity contribution is 0.472. The van der Waals surface area contributed by atoms with Crippen molar-refractivity contribution in [3.8, 4) is 5.75 Å². The van der Waals surface area contributed by atoms with Crippen molar-refractivity contribution in [1.82, 2.24) is 0 Å². The van der Waals surface area contributed by atoms with Crippen LogP contribution < -0.4 is 5.73 Å². The van der Waals surface area contributed by atoms with E-state index in [2.05, 4.69) is 0 Å². The van der Waals surface area contributed by atoms with Crippen LogP contribution in [0.25, 0.3) is 0 Å². The Hall–Kier alpha value is -0.730. The second kappa shape index (κ2) is 4.67. The van der Waals surface area contributed by atoms with E-state index >= 15 is 0 Å². The van der Waals surface area contributed by atoms with E-state index in [1.54, 1.807) is 12.1 Å². The maximum atomic E-state index is 9.26. The van der Waals surface area contributed by atoms with E-state index in [-0.39, 0.29) is 18.4 Å². The smallest absolute Gasteiger partial charge is 0.115 e. The fourth-order valence-corrected chi connectivity index (χ4v) is 1.60. The monoisotopic (exact) mass is 213 g/mol. The molecule has 2 nitrogen and oxygen atoms in total. The van der Waals surface area contributed by atoms with Crippen molar-refractivity contribution in [2.24, 2.45) is 11.7 Å². The number of halogens is 1. The number of nitrogens with two attached hydrogens (primary N) is 1. The van der Waals surface area contributed by atoms with Crippen molar-refractivity contribution >= 4 is 12.4 Å². The summed E-state index contributed by atoms with van der Waals surface area (Å²) < 4.78 is 0. The van der Waals surface area contributed by atoms with Gasteiger partial charge in [0.25, 0.3) is 0 Å². The largest absolute Gasteiger partial charge is 0.508 e. The number of rotatable bonds is 3. The predicted octanol–water partition coefficient (Wildman–Crippen LogP) is 2.61. The maximum absolute atomic E-state index is 9.26. The molecule has 1 atom stereocenters. The van der Waals surface area contributed by atoms with E-state index < -0.39 is 0 Å². The molecule has 0 spiro atoms. The highest BCUT2D eigenvalue weighted by atomic mass is 35.5. The van der Waals surface area contributed by atoms with Crippen LogP contribution in [0.4, 0.5) is 0 Å². The third-order valence-corrected chi connectivity index (χ3v) is 2.58. The molecule has 1 fully saturated rings. The third kappa shape index (κ3) is 2.89. The van der Waals surface area contributed by atoms with Crippen LogP contribution in [0, 0.1) is 5.92 Å². The van der Waals surface area contributed by atoms with Gasteiger partial charge < -0.3 is 10.8 Å². The SMILES string of the molecule is Cl.N[C@H](CC1CC1)c1cccc(O)c1. The molecule has 2 rings (SSSR count). The van der Waals surface area contributed by atoms with Gasteiger partial charge in [-0.2, -0.15) is 0 Å². The summed E-state index contributed by atoms with van der Waals surface area (Å²) in [6.45, 7) is 0. The van der Waals surface area contributed by atoms with Gasteiger partial charge in [-0.15, -0.1) is 12.4 Å². The summed E-state index contributed by atoms with van der Waals surface area (Å²) in [5.74, 6) is 1.14. The summed E-state index contributed by atoms with van der Waals surface area (Å²) in [6.07, 6.45) is 3.71. The van der Waals surface area contributed by atoms with Gasteiger partial charge in [-0.25, -0.2) is 0 Å². The topological polar surface area (TPSA) is 46.2 Å². The van der Waals surface area contributed by atoms with Gasteiger partial charge in [0.2, 0.25) is 0 Å². The molecular formula is C11H16ClNO. The number of hydrogen-bond acceptors (Lipinski definition) is 2. The number of phenols is 1. The van der Waals surface area contributed by atoms with Crippen LogP contribution in [0.1, 0.15) is 30.9 Å². The van der Waals surface area contributed by atoms with Gasteiger partial charge in [0.1, 0.15) is 5.75 Å². The second-order valence-corrected chi connectivity index (χ2v) is 3.88.